The molecule has 3 aromatic rings. The Morgan fingerprint density at radius 3 is 2.26 bits per heavy atom. The van der Waals surface area contributed by atoms with Crippen molar-refractivity contribution in [2.24, 2.45) is 5.92 Å². The van der Waals surface area contributed by atoms with Crippen LogP contribution in [0.2, 0.25) is 5.02 Å². The third kappa shape index (κ3) is 7.99. The lowest BCUT2D eigenvalue weighted by Crippen LogP contribution is -2.53. The van der Waals surface area contributed by atoms with Crippen LogP contribution in [0.25, 0.3) is 10.9 Å². The molecule has 2 unspecified atom stereocenters. The maximum Gasteiger partial charge on any atom is 0.409 e. The fraction of sp³-hybridized carbons (Fsp3) is 0.355. The van der Waals surface area contributed by atoms with Gasteiger partial charge in [0.25, 0.3) is 5.91 Å². The molecule has 13 nitrogen and oxygen atoms in total. The Hall–Kier alpha value is -4.98. The molecule has 0 bridgehead atoms. The highest BCUT2D eigenvalue weighted by molar-refractivity contribution is 6.30. The number of halogens is 2. The van der Waals surface area contributed by atoms with Crippen molar-refractivity contribution in [1.29, 1.82) is 0 Å². The lowest BCUT2D eigenvalue weighted by Gasteiger charge is -2.35. The summed E-state index contributed by atoms with van der Waals surface area (Å²) < 4.78 is 25.3. The van der Waals surface area contributed by atoms with Gasteiger partial charge in [0.15, 0.2) is 0 Å². The van der Waals surface area contributed by atoms with Gasteiger partial charge in [-0.25, -0.2) is 19.0 Å². The molecule has 2 atom stereocenters. The molecule has 0 aliphatic carbocycles. The normalized spacial score (nSPS) is 14.3. The smallest absolute Gasteiger partial charge is 0.409 e. The molecule has 1 aliphatic heterocycles. The Balaban J connectivity index is 1.49. The SMILES string of the molecule is CCOC(=O)N1CCN(C(=O)C(CCNC(=O)c2cc(OC(C(=O)O)c3ccc(Cl)cc3)c3cc(F)c(C)cc3n2)C(=O)O)CC1. The average molecular weight is 659 g/mol. The fourth-order valence-corrected chi connectivity index (χ4v) is 5.00. The number of carboxylic acids is 2. The lowest BCUT2D eigenvalue weighted by atomic mass is 10.0. The first-order valence-corrected chi connectivity index (χ1v) is 14.7. The first-order valence-electron chi connectivity index (χ1n) is 14.4. The lowest BCUT2D eigenvalue weighted by molar-refractivity contribution is -0.152. The van der Waals surface area contributed by atoms with E-state index in [4.69, 9.17) is 21.1 Å². The summed E-state index contributed by atoms with van der Waals surface area (Å²) in [6, 6.07) is 9.58. The van der Waals surface area contributed by atoms with E-state index in [2.05, 4.69) is 10.3 Å². The van der Waals surface area contributed by atoms with E-state index < -0.39 is 47.7 Å². The molecule has 1 aliphatic rings. The van der Waals surface area contributed by atoms with E-state index in [9.17, 15) is 38.6 Å². The number of carbonyl (C=O) groups is 5. The van der Waals surface area contributed by atoms with Crippen molar-refractivity contribution in [2.45, 2.75) is 26.4 Å². The molecule has 1 saturated heterocycles. The molecule has 0 saturated carbocycles. The molecule has 1 aromatic heterocycles. The van der Waals surface area contributed by atoms with Gasteiger partial charge < -0.3 is 34.8 Å². The molecule has 2 aromatic carbocycles. The Morgan fingerprint density at radius 1 is 1.00 bits per heavy atom. The van der Waals surface area contributed by atoms with Gasteiger partial charge >= 0.3 is 18.0 Å². The number of pyridine rings is 1. The van der Waals surface area contributed by atoms with Crippen LogP contribution in [0, 0.1) is 18.7 Å². The van der Waals surface area contributed by atoms with Crippen molar-refractivity contribution in [3.05, 3.63) is 70.1 Å². The minimum absolute atomic E-state index is 0.124. The average Bonchev–Trinajstić information content (AvgIpc) is 3.02. The van der Waals surface area contributed by atoms with Gasteiger partial charge in [-0.2, -0.15) is 0 Å². The molecular weight excluding hydrogens is 627 g/mol. The van der Waals surface area contributed by atoms with Crippen LogP contribution in [-0.2, 0) is 19.1 Å². The molecule has 4 rings (SSSR count). The molecular formula is C31H32ClFN4O9. The summed E-state index contributed by atoms with van der Waals surface area (Å²) in [5, 5.41) is 22.7. The number of nitrogens with zero attached hydrogens (tertiary/aromatic N) is 3. The van der Waals surface area contributed by atoms with Crippen molar-refractivity contribution in [3.8, 4) is 5.75 Å². The molecule has 3 amide bonds. The van der Waals surface area contributed by atoms with E-state index in [0.29, 0.717) is 5.02 Å². The number of carboxylic acid groups (broad SMARTS) is 2. The molecule has 0 spiro atoms. The Kier molecular flexibility index (Phi) is 11.0. The highest BCUT2D eigenvalue weighted by Gasteiger charge is 2.33. The summed E-state index contributed by atoms with van der Waals surface area (Å²) >= 11 is 5.93. The van der Waals surface area contributed by atoms with Gasteiger partial charge in [0.2, 0.25) is 12.0 Å². The second kappa shape index (κ2) is 14.9. The van der Waals surface area contributed by atoms with Crippen LogP contribution in [-0.4, -0.2) is 94.2 Å². The number of nitrogens with one attached hydrogen (secondary N) is 1. The Labute approximate surface area is 267 Å². The van der Waals surface area contributed by atoms with Gasteiger partial charge in [-0.15, -0.1) is 0 Å². The van der Waals surface area contributed by atoms with Crippen LogP contribution in [0.15, 0.2) is 42.5 Å². The van der Waals surface area contributed by atoms with Crippen LogP contribution >= 0.6 is 11.6 Å². The van der Waals surface area contributed by atoms with Crippen molar-refractivity contribution in [2.75, 3.05) is 39.3 Å². The highest BCUT2D eigenvalue weighted by Crippen LogP contribution is 2.32. The molecule has 3 N–H and O–H groups in total. The quantitative estimate of drug-likeness (QED) is 0.258. The number of rotatable bonds is 11. The number of ether oxygens (including phenoxy) is 2. The van der Waals surface area contributed by atoms with E-state index in [0.717, 1.165) is 6.07 Å². The summed E-state index contributed by atoms with van der Waals surface area (Å²) in [5.74, 6) is -6.31. The second-order valence-electron chi connectivity index (χ2n) is 10.5. The highest BCUT2D eigenvalue weighted by atomic mass is 35.5. The maximum atomic E-state index is 14.5. The molecule has 244 valence electrons. The van der Waals surface area contributed by atoms with E-state index >= 15 is 0 Å². The number of aryl methyl sites for hydroxylation is 1. The number of piperazine rings is 1. The van der Waals surface area contributed by atoms with Crippen molar-refractivity contribution >= 4 is 52.4 Å². The zero-order chi connectivity index (χ0) is 33.5. The molecule has 2 heterocycles. The topological polar surface area (TPSA) is 176 Å². The van der Waals surface area contributed by atoms with Crippen LogP contribution in [0.4, 0.5) is 9.18 Å². The third-order valence-corrected chi connectivity index (χ3v) is 7.61. The van der Waals surface area contributed by atoms with Gasteiger partial charge in [0, 0.05) is 54.8 Å². The summed E-state index contributed by atoms with van der Waals surface area (Å²) in [5.41, 5.74) is 0.415. The van der Waals surface area contributed by atoms with Crippen LogP contribution in [0.1, 0.15) is 41.1 Å². The predicted octanol–water partition coefficient (Wildman–Crippen LogP) is 3.66. The summed E-state index contributed by atoms with van der Waals surface area (Å²) in [7, 11) is 0. The first kappa shape index (κ1) is 33.9. The first-order chi connectivity index (χ1) is 21.9. The molecule has 46 heavy (non-hydrogen) atoms. The van der Waals surface area contributed by atoms with E-state index in [1.54, 1.807) is 6.92 Å². The van der Waals surface area contributed by atoms with Crippen LogP contribution < -0.4 is 10.1 Å². The van der Waals surface area contributed by atoms with Gasteiger partial charge in [-0.05, 0) is 50.1 Å². The van der Waals surface area contributed by atoms with Crippen molar-refractivity contribution in [3.63, 3.8) is 0 Å². The van der Waals surface area contributed by atoms with E-state index in [1.807, 2.05) is 0 Å². The Morgan fingerprint density at radius 2 is 1.65 bits per heavy atom. The molecule has 1 fully saturated rings. The number of amides is 3. The van der Waals surface area contributed by atoms with E-state index in [-0.39, 0.29) is 79.2 Å². The van der Waals surface area contributed by atoms with E-state index in [1.165, 1.54) is 53.1 Å². The fourth-order valence-electron chi connectivity index (χ4n) is 4.88. The summed E-state index contributed by atoms with van der Waals surface area (Å²) in [6.45, 7) is 3.80. The van der Waals surface area contributed by atoms with Crippen molar-refractivity contribution < 1.29 is 48.0 Å². The zero-order valence-electron chi connectivity index (χ0n) is 25.0. The van der Waals surface area contributed by atoms with Crippen LogP contribution in [0.3, 0.4) is 0 Å². The third-order valence-electron chi connectivity index (χ3n) is 7.36. The number of fused-ring (bicyclic) bond motifs is 1. The van der Waals surface area contributed by atoms with Gasteiger partial charge in [0.1, 0.15) is 23.2 Å². The maximum absolute atomic E-state index is 14.5. The summed E-state index contributed by atoms with van der Waals surface area (Å²) in [6.07, 6.45) is -2.28. The second-order valence-corrected chi connectivity index (χ2v) is 10.9. The van der Waals surface area contributed by atoms with Crippen LogP contribution in [0.5, 0.6) is 5.75 Å². The molecule has 15 heteroatoms. The van der Waals surface area contributed by atoms with Gasteiger partial charge in [-0.3, -0.25) is 14.4 Å². The minimum Gasteiger partial charge on any atom is -0.481 e. The Bertz CT molecular complexity index is 1650. The standard InChI is InChI=1S/C31H32ClFN4O9/c1-3-45-31(44)37-12-10-36(11-13-37)28(39)20(29(40)41)8-9-34-27(38)24-16-25(21-15-22(33)17(2)14-23(21)35-24)46-26(30(42)43)18-4-6-19(32)7-5-18/h4-7,14-16,20,26H,3,8-13H2,1-2H3,(H,34,38)(H,40,41)(H,42,43). The number of aliphatic carboxylic acids is 2. The number of hydrogen-bond donors (Lipinski definition) is 3. The number of hydrogen-bond acceptors (Lipinski definition) is 8. The predicted molar refractivity (Wildman–Crippen MR) is 162 cm³/mol. The largest absolute Gasteiger partial charge is 0.481 e. The monoisotopic (exact) mass is 658 g/mol. The van der Waals surface area contributed by atoms with Crippen molar-refractivity contribution in [1.82, 2.24) is 20.1 Å². The number of benzene rings is 2. The minimum atomic E-state index is -1.54. The number of aromatic nitrogens is 1. The summed E-state index contributed by atoms with van der Waals surface area (Å²) in [4.78, 5) is 69.3. The molecule has 0 radical (unpaired) electrons. The number of carbonyl (C=O) groups excluding carboxylic acids is 3. The zero-order valence-corrected chi connectivity index (χ0v) is 25.8. The van der Waals surface area contributed by atoms with Gasteiger partial charge in [0.05, 0.1) is 12.1 Å². The van der Waals surface area contributed by atoms with Gasteiger partial charge in [-0.1, -0.05) is 23.7 Å².